The maximum Gasteiger partial charge on any atom is 0.343 e. The molecule has 0 aliphatic heterocycles. The first-order chi connectivity index (χ1) is 8.47. The largest absolute Gasteiger partial charge is 0.343 e. The Balaban J connectivity index is 2.37. The lowest BCUT2D eigenvalue weighted by atomic mass is 10.4. The van der Waals surface area contributed by atoms with Crippen molar-refractivity contribution in [3.05, 3.63) is 37.9 Å². The van der Waals surface area contributed by atoms with E-state index in [-0.39, 0.29) is 21.6 Å². The van der Waals surface area contributed by atoms with Gasteiger partial charge in [-0.25, -0.2) is 14.9 Å². The van der Waals surface area contributed by atoms with Gasteiger partial charge in [-0.05, 0) is 11.8 Å². The van der Waals surface area contributed by atoms with Gasteiger partial charge >= 0.3 is 5.69 Å². The number of halogens is 1. The van der Waals surface area contributed by atoms with Gasteiger partial charge in [0.05, 0.1) is 11.0 Å². The molecule has 1 N–H and O–H groups in total. The molecule has 2 heterocycles. The van der Waals surface area contributed by atoms with Crippen molar-refractivity contribution in [2.75, 3.05) is 0 Å². The van der Waals surface area contributed by atoms with Crippen molar-refractivity contribution >= 4 is 29.1 Å². The molecule has 0 spiro atoms. The molecule has 0 aliphatic carbocycles. The highest BCUT2D eigenvalue weighted by atomic mass is 35.5. The Labute approximate surface area is 109 Å². The fourth-order valence-corrected chi connectivity index (χ4v) is 2.21. The molecule has 0 saturated carbocycles. The van der Waals surface area contributed by atoms with Gasteiger partial charge in [-0.2, -0.15) is 0 Å². The Morgan fingerprint density at radius 3 is 2.83 bits per heavy atom. The SMILES string of the molecule is Cn1c(Sc2cc([N+](=O)[O-])cc(Cl)n2)n[nH]c1=O. The van der Waals surface area contributed by atoms with Gasteiger partial charge in [0.25, 0.3) is 5.69 Å². The Hall–Kier alpha value is -1.87. The minimum absolute atomic E-state index is 0.00670. The van der Waals surface area contributed by atoms with Crippen LogP contribution in [0.4, 0.5) is 5.69 Å². The lowest BCUT2D eigenvalue weighted by molar-refractivity contribution is -0.385. The molecular weight excluding hydrogens is 282 g/mol. The monoisotopic (exact) mass is 287 g/mol. The van der Waals surface area contributed by atoms with Crippen LogP contribution in [0, 0.1) is 10.1 Å². The third kappa shape index (κ3) is 2.51. The number of hydrogen-bond donors (Lipinski definition) is 1. The highest BCUT2D eigenvalue weighted by Crippen LogP contribution is 2.28. The first kappa shape index (κ1) is 12.6. The number of nitrogens with one attached hydrogen (secondary N) is 1. The van der Waals surface area contributed by atoms with Crippen LogP contribution in [0.25, 0.3) is 0 Å². The first-order valence-corrected chi connectivity index (χ1v) is 5.78. The highest BCUT2D eigenvalue weighted by molar-refractivity contribution is 7.99. The summed E-state index contributed by atoms with van der Waals surface area (Å²) in [4.78, 5) is 25.2. The van der Waals surface area contributed by atoms with Gasteiger partial charge in [0.1, 0.15) is 10.2 Å². The molecule has 0 atom stereocenters. The molecule has 0 bridgehead atoms. The van der Waals surface area contributed by atoms with Crippen molar-refractivity contribution in [1.29, 1.82) is 0 Å². The van der Waals surface area contributed by atoms with E-state index in [2.05, 4.69) is 15.2 Å². The minimum atomic E-state index is -0.568. The van der Waals surface area contributed by atoms with Crippen LogP contribution < -0.4 is 5.69 Å². The quantitative estimate of drug-likeness (QED) is 0.517. The molecule has 2 aromatic heterocycles. The summed E-state index contributed by atoms with van der Waals surface area (Å²) >= 11 is 6.68. The van der Waals surface area contributed by atoms with Crippen LogP contribution in [-0.4, -0.2) is 24.7 Å². The van der Waals surface area contributed by atoms with E-state index in [1.807, 2.05) is 0 Å². The molecule has 0 unspecified atom stereocenters. The third-order valence-corrected chi connectivity index (χ3v) is 3.16. The second-order valence-electron chi connectivity index (χ2n) is 3.22. The smallest absolute Gasteiger partial charge is 0.273 e. The molecule has 10 heteroatoms. The summed E-state index contributed by atoms with van der Waals surface area (Å²) in [5.74, 6) is 0. The predicted molar refractivity (Wildman–Crippen MR) is 63.9 cm³/mol. The Bertz CT molecular complexity index is 667. The van der Waals surface area contributed by atoms with Gasteiger partial charge in [0, 0.05) is 13.1 Å². The summed E-state index contributed by atoms with van der Waals surface area (Å²) in [5, 5.41) is 17.3. The van der Waals surface area contributed by atoms with Gasteiger partial charge in [-0.1, -0.05) is 11.6 Å². The topological polar surface area (TPSA) is 107 Å². The van der Waals surface area contributed by atoms with Crippen molar-refractivity contribution in [1.82, 2.24) is 19.7 Å². The van der Waals surface area contributed by atoms with Gasteiger partial charge in [-0.15, -0.1) is 5.10 Å². The summed E-state index contributed by atoms with van der Waals surface area (Å²) in [6.45, 7) is 0. The normalized spacial score (nSPS) is 10.6. The maximum absolute atomic E-state index is 11.1. The minimum Gasteiger partial charge on any atom is -0.273 e. The van der Waals surface area contributed by atoms with Crippen molar-refractivity contribution in [3.8, 4) is 0 Å². The van der Waals surface area contributed by atoms with E-state index in [0.29, 0.717) is 5.16 Å². The van der Waals surface area contributed by atoms with E-state index in [0.717, 1.165) is 17.8 Å². The maximum atomic E-state index is 11.1. The van der Waals surface area contributed by atoms with Gasteiger partial charge in [0.15, 0.2) is 5.16 Å². The number of pyridine rings is 1. The number of hydrogen-bond acceptors (Lipinski definition) is 6. The molecule has 2 aromatic rings. The first-order valence-electron chi connectivity index (χ1n) is 4.58. The van der Waals surface area contributed by atoms with Crippen LogP contribution in [-0.2, 0) is 7.05 Å². The molecule has 0 aromatic carbocycles. The van der Waals surface area contributed by atoms with Crippen molar-refractivity contribution in [3.63, 3.8) is 0 Å². The van der Waals surface area contributed by atoms with Gasteiger partial charge < -0.3 is 0 Å². The lowest BCUT2D eigenvalue weighted by Crippen LogP contribution is -2.12. The third-order valence-electron chi connectivity index (χ3n) is 2.00. The van der Waals surface area contributed by atoms with Gasteiger partial charge in [0.2, 0.25) is 0 Å². The molecule has 2 rings (SSSR count). The number of nitrogens with zero attached hydrogens (tertiary/aromatic N) is 4. The molecule has 0 radical (unpaired) electrons. The van der Waals surface area contributed by atoms with Crippen LogP contribution >= 0.6 is 23.4 Å². The number of aromatic nitrogens is 4. The number of rotatable bonds is 3. The van der Waals surface area contributed by atoms with Crippen LogP contribution in [0.3, 0.4) is 0 Å². The average molecular weight is 288 g/mol. The molecule has 0 fully saturated rings. The standard InChI is InChI=1S/C8H6ClN5O3S/c1-13-7(15)11-12-8(13)18-6-3-4(14(16)17)2-5(9)10-6/h2-3H,1H3,(H,11,15). The highest BCUT2D eigenvalue weighted by Gasteiger charge is 2.13. The molecule has 0 saturated heterocycles. The number of nitro groups is 1. The van der Waals surface area contributed by atoms with Crippen LogP contribution in [0.2, 0.25) is 5.15 Å². The molecule has 8 nitrogen and oxygen atoms in total. The fourth-order valence-electron chi connectivity index (χ4n) is 1.14. The Morgan fingerprint density at radius 1 is 1.56 bits per heavy atom. The zero-order valence-corrected chi connectivity index (χ0v) is 10.5. The summed E-state index contributed by atoms with van der Waals surface area (Å²) in [6, 6.07) is 2.41. The van der Waals surface area contributed by atoms with E-state index < -0.39 is 4.92 Å². The van der Waals surface area contributed by atoms with Crippen LogP contribution in [0.1, 0.15) is 0 Å². The van der Waals surface area contributed by atoms with Crippen molar-refractivity contribution in [2.45, 2.75) is 10.2 Å². The zero-order chi connectivity index (χ0) is 13.3. The van der Waals surface area contributed by atoms with Crippen molar-refractivity contribution in [2.24, 2.45) is 7.05 Å². The van der Waals surface area contributed by atoms with E-state index in [1.54, 1.807) is 0 Å². The summed E-state index contributed by atoms with van der Waals surface area (Å²) < 4.78 is 1.26. The van der Waals surface area contributed by atoms with E-state index in [4.69, 9.17) is 11.6 Å². The second kappa shape index (κ2) is 4.78. The molecular formula is C8H6ClN5O3S. The molecule has 18 heavy (non-hydrogen) atoms. The Morgan fingerprint density at radius 2 is 2.28 bits per heavy atom. The van der Waals surface area contributed by atoms with E-state index in [9.17, 15) is 14.9 Å². The summed E-state index contributed by atoms with van der Waals surface area (Å²) in [5.41, 5.74) is -0.549. The van der Waals surface area contributed by atoms with Crippen molar-refractivity contribution < 1.29 is 4.92 Å². The van der Waals surface area contributed by atoms with E-state index in [1.165, 1.54) is 17.7 Å². The van der Waals surface area contributed by atoms with Crippen LogP contribution in [0.15, 0.2) is 27.1 Å². The second-order valence-corrected chi connectivity index (χ2v) is 4.59. The Kier molecular flexibility index (Phi) is 3.34. The average Bonchev–Trinajstić information content (AvgIpc) is 2.60. The lowest BCUT2D eigenvalue weighted by Gasteiger charge is -2.00. The summed E-state index contributed by atoms with van der Waals surface area (Å²) in [7, 11) is 1.52. The zero-order valence-electron chi connectivity index (χ0n) is 8.95. The van der Waals surface area contributed by atoms with Crippen LogP contribution in [0.5, 0.6) is 0 Å². The fraction of sp³-hybridized carbons (Fsp3) is 0.125. The number of H-pyrrole nitrogens is 1. The predicted octanol–water partition coefficient (Wildman–Crippen LogP) is 1.22. The molecule has 94 valence electrons. The molecule has 0 amide bonds. The van der Waals surface area contributed by atoms with Gasteiger partial charge in [-0.3, -0.25) is 14.7 Å². The van der Waals surface area contributed by atoms with E-state index >= 15 is 0 Å². The summed E-state index contributed by atoms with van der Waals surface area (Å²) in [6.07, 6.45) is 0. The molecule has 0 aliphatic rings. The number of aromatic amines is 1.